The lowest BCUT2D eigenvalue weighted by atomic mass is 10.1. The van der Waals surface area contributed by atoms with Gasteiger partial charge in [-0.2, -0.15) is 0 Å². The predicted molar refractivity (Wildman–Crippen MR) is 114 cm³/mol. The van der Waals surface area contributed by atoms with E-state index in [0.717, 1.165) is 34.5 Å². The number of aryl methyl sites for hydroxylation is 3. The van der Waals surface area contributed by atoms with Crippen LogP contribution in [0.15, 0.2) is 59.4 Å². The second kappa shape index (κ2) is 8.26. The molecule has 3 aromatic rings. The molecule has 0 aliphatic carbocycles. The van der Waals surface area contributed by atoms with Crippen LogP contribution in [0.3, 0.4) is 0 Å². The van der Waals surface area contributed by atoms with Crippen molar-refractivity contribution in [3.05, 3.63) is 98.5 Å². The van der Waals surface area contributed by atoms with Crippen LogP contribution in [0.1, 0.15) is 45.4 Å². The SMILES string of the molecule is CCc1cc(=O)c(C(=O)Nc2c(C)cccc2C)c(C)n1Cc1ccccc1. The van der Waals surface area contributed by atoms with Gasteiger partial charge in [-0.1, -0.05) is 55.5 Å². The molecule has 0 aliphatic heterocycles. The van der Waals surface area contributed by atoms with Gasteiger partial charge in [0.25, 0.3) is 5.91 Å². The number of pyridine rings is 1. The topological polar surface area (TPSA) is 51.1 Å². The van der Waals surface area contributed by atoms with E-state index in [-0.39, 0.29) is 16.9 Å². The fourth-order valence-electron chi connectivity index (χ4n) is 3.57. The quantitative estimate of drug-likeness (QED) is 0.707. The van der Waals surface area contributed by atoms with Crippen molar-refractivity contribution in [3.8, 4) is 0 Å². The minimum atomic E-state index is -0.357. The summed E-state index contributed by atoms with van der Waals surface area (Å²) in [5.74, 6) is -0.357. The van der Waals surface area contributed by atoms with Gasteiger partial charge in [0.05, 0.1) is 0 Å². The van der Waals surface area contributed by atoms with Gasteiger partial charge in [-0.15, -0.1) is 0 Å². The molecule has 1 amide bonds. The van der Waals surface area contributed by atoms with Gasteiger partial charge in [-0.05, 0) is 43.9 Å². The van der Waals surface area contributed by atoms with Crippen LogP contribution in [-0.2, 0) is 13.0 Å². The molecule has 1 N–H and O–H groups in total. The number of para-hydroxylation sites is 1. The third kappa shape index (κ3) is 3.91. The van der Waals surface area contributed by atoms with E-state index in [0.29, 0.717) is 12.2 Å². The van der Waals surface area contributed by atoms with E-state index in [1.807, 2.05) is 76.2 Å². The minimum absolute atomic E-state index is 0.204. The van der Waals surface area contributed by atoms with Gasteiger partial charge in [0.15, 0.2) is 5.43 Å². The number of carbonyl (C=O) groups is 1. The maximum atomic E-state index is 13.0. The lowest BCUT2D eigenvalue weighted by molar-refractivity contribution is 0.102. The van der Waals surface area contributed by atoms with E-state index < -0.39 is 0 Å². The number of nitrogens with zero attached hydrogens (tertiary/aromatic N) is 1. The van der Waals surface area contributed by atoms with Crippen molar-refractivity contribution in [2.45, 2.75) is 40.7 Å². The molecule has 1 heterocycles. The Morgan fingerprint density at radius 2 is 1.61 bits per heavy atom. The summed E-state index contributed by atoms with van der Waals surface area (Å²) in [5.41, 5.74) is 5.43. The molecule has 4 nitrogen and oxygen atoms in total. The van der Waals surface area contributed by atoms with Crippen LogP contribution >= 0.6 is 0 Å². The summed E-state index contributed by atoms with van der Waals surface area (Å²) >= 11 is 0. The molecule has 0 saturated heterocycles. The second-order valence-electron chi connectivity index (χ2n) is 7.11. The Labute approximate surface area is 165 Å². The molecule has 144 valence electrons. The van der Waals surface area contributed by atoms with E-state index in [1.165, 1.54) is 0 Å². The molecular formula is C24H26N2O2. The maximum absolute atomic E-state index is 13.0. The highest BCUT2D eigenvalue weighted by Gasteiger charge is 2.19. The molecule has 0 fully saturated rings. The second-order valence-corrected chi connectivity index (χ2v) is 7.11. The van der Waals surface area contributed by atoms with E-state index in [4.69, 9.17) is 0 Å². The Morgan fingerprint density at radius 3 is 2.21 bits per heavy atom. The molecular weight excluding hydrogens is 348 g/mol. The number of rotatable bonds is 5. The van der Waals surface area contributed by atoms with Crippen molar-refractivity contribution in [1.82, 2.24) is 4.57 Å². The average Bonchev–Trinajstić information content (AvgIpc) is 2.67. The molecule has 0 atom stereocenters. The summed E-state index contributed by atoms with van der Waals surface area (Å²) < 4.78 is 2.07. The summed E-state index contributed by atoms with van der Waals surface area (Å²) in [4.78, 5) is 25.8. The van der Waals surface area contributed by atoms with Crippen LogP contribution in [0.25, 0.3) is 0 Å². The first kappa shape index (κ1) is 19.6. The number of hydrogen-bond acceptors (Lipinski definition) is 2. The van der Waals surface area contributed by atoms with Gasteiger partial charge in [-0.25, -0.2) is 0 Å². The summed E-state index contributed by atoms with van der Waals surface area (Å²) in [6.07, 6.45) is 0.724. The Kier molecular flexibility index (Phi) is 5.78. The number of aromatic nitrogens is 1. The molecule has 0 spiro atoms. The van der Waals surface area contributed by atoms with Crippen LogP contribution in [0.2, 0.25) is 0 Å². The molecule has 0 bridgehead atoms. The van der Waals surface area contributed by atoms with E-state index in [9.17, 15) is 9.59 Å². The zero-order valence-electron chi connectivity index (χ0n) is 16.9. The minimum Gasteiger partial charge on any atom is -0.343 e. The van der Waals surface area contributed by atoms with Crippen LogP contribution < -0.4 is 10.7 Å². The number of benzene rings is 2. The molecule has 4 heteroatoms. The fraction of sp³-hybridized carbons (Fsp3) is 0.250. The number of hydrogen-bond donors (Lipinski definition) is 1. The van der Waals surface area contributed by atoms with Crippen LogP contribution in [0.5, 0.6) is 0 Å². The molecule has 0 radical (unpaired) electrons. The molecule has 0 saturated carbocycles. The number of carbonyl (C=O) groups excluding carboxylic acids is 1. The average molecular weight is 374 g/mol. The van der Waals surface area contributed by atoms with Crippen LogP contribution in [0.4, 0.5) is 5.69 Å². The Balaban J connectivity index is 2.04. The smallest absolute Gasteiger partial charge is 0.261 e. The summed E-state index contributed by atoms with van der Waals surface area (Å²) in [5, 5.41) is 2.95. The number of amides is 1. The van der Waals surface area contributed by atoms with Crippen LogP contribution in [0, 0.1) is 20.8 Å². The Hall–Kier alpha value is -3.14. The fourth-order valence-corrected chi connectivity index (χ4v) is 3.57. The lowest BCUT2D eigenvalue weighted by Crippen LogP contribution is -2.28. The van der Waals surface area contributed by atoms with Gasteiger partial charge >= 0.3 is 0 Å². The summed E-state index contributed by atoms with van der Waals surface area (Å²) in [7, 11) is 0. The number of anilines is 1. The zero-order valence-corrected chi connectivity index (χ0v) is 16.9. The van der Waals surface area contributed by atoms with Crippen molar-refractivity contribution >= 4 is 11.6 Å². The Morgan fingerprint density at radius 1 is 0.964 bits per heavy atom. The molecule has 0 unspecified atom stereocenters. The molecule has 3 rings (SSSR count). The highest BCUT2D eigenvalue weighted by molar-refractivity contribution is 6.05. The first-order valence-corrected chi connectivity index (χ1v) is 9.57. The molecule has 28 heavy (non-hydrogen) atoms. The van der Waals surface area contributed by atoms with E-state index in [1.54, 1.807) is 6.07 Å². The molecule has 2 aromatic carbocycles. The van der Waals surface area contributed by atoms with Gasteiger partial charge in [0.2, 0.25) is 0 Å². The van der Waals surface area contributed by atoms with Crippen LogP contribution in [-0.4, -0.2) is 10.5 Å². The molecule has 1 aromatic heterocycles. The van der Waals surface area contributed by atoms with Crippen molar-refractivity contribution in [3.63, 3.8) is 0 Å². The first-order chi connectivity index (χ1) is 13.4. The first-order valence-electron chi connectivity index (χ1n) is 9.57. The van der Waals surface area contributed by atoms with E-state index >= 15 is 0 Å². The van der Waals surface area contributed by atoms with Gasteiger partial charge in [0.1, 0.15) is 5.56 Å². The normalized spacial score (nSPS) is 10.7. The Bertz CT molecular complexity index is 1050. The predicted octanol–water partition coefficient (Wildman–Crippen LogP) is 4.64. The monoisotopic (exact) mass is 374 g/mol. The standard InChI is InChI=1S/C24H26N2O2/c1-5-20-14-21(27)22(18(4)26(20)15-19-12-7-6-8-13-19)24(28)25-23-16(2)10-9-11-17(23)3/h6-14H,5,15H2,1-4H3,(H,25,28). The third-order valence-corrected chi connectivity index (χ3v) is 5.15. The van der Waals surface area contributed by atoms with Gasteiger partial charge in [0, 0.05) is 29.7 Å². The maximum Gasteiger partial charge on any atom is 0.261 e. The highest BCUT2D eigenvalue weighted by Crippen LogP contribution is 2.21. The lowest BCUT2D eigenvalue weighted by Gasteiger charge is -2.19. The van der Waals surface area contributed by atoms with Gasteiger partial charge in [-0.3, -0.25) is 9.59 Å². The van der Waals surface area contributed by atoms with Crippen molar-refractivity contribution < 1.29 is 4.79 Å². The third-order valence-electron chi connectivity index (χ3n) is 5.15. The zero-order chi connectivity index (χ0) is 20.3. The van der Waals surface area contributed by atoms with E-state index in [2.05, 4.69) is 9.88 Å². The number of nitrogens with one attached hydrogen (secondary N) is 1. The van der Waals surface area contributed by atoms with Crippen molar-refractivity contribution in [2.24, 2.45) is 0 Å². The van der Waals surface area contributed by atoms with Crippen molar-refractivity contribution in [1.29, 1.82) is 0 Å². The van der Waals surface area contributed by atoms with Crippen molar-refractivity contribution in [2.75, 3.05) is 5.32 Å². The van der Waals surface area contributed by atoms with Gasteiger partial charge < -0.3 is 9.88 Å². The summed E-state index contributed by atoms with van der Waals surface area (Å²) in [6, 6.07) is 17.5. The summed E-state index contributed by atoms with van der Waals surface area (Å²) in [6.45, 7) is 8.39. The highest BCUT2D eigenvalue weighted by atomic mass is 16.2. The largest absolute Gasteiger partial charge is 0.343 e. The molecule has 0 aliphatic rings.